The van der Waals surface area contributed by atoms with E-state index in [1.54, 1.807) is 112 Å². The van der Waals surface area contributed by atoms with Crippen molar-refractivity contribution < 1.29 is 105 Å². The summed E-state index contributed by atoms with van der Waals surface area (Å²) in [5, 5.41) is 55.6. The average molecular weight is 1900 g/mol. The summed E-state index contributed by atoms with van der Waals surface area (Å²) in [5.41, 5.74) is 13.9. The van der Waals surface area contributed by atoms with Crippen molar-refractivity contribution in [3.05, 3.63) is 203 Å². The molecule has 0 bridgehead atoms. The number of fused-ring (bicyclic) bond motifs is 3. The number of nitrogens with one attached hydrogen (secondary N) is 10. The van der Waals surface area contributed by atoms with Crippen LogP contribution in [-0.2, 0) is 115 Å². The minimum absolute atomic E-state index is 0.00350. The van der Waals surface area contributed by atoms with Gasteiger partial charge >= 0.3 is 5.97 Å². The number of phenols is 2. The molecule has 13 atom stereocenters. The molecule has 0 radical (unpaired) electrons. The van der Waals surface area contributed by atoms with Crippen molar-refractivity contribution in [1.82, 2.24) is 77.3 Å². The molecule has 0 saturated carbocycles. The molecule has 3 aliphatic heterocycles. The number of carbonyl (C=O) groups excluding carboxylic acids is 15. The Hall–Kier alpha value is -13.9. The van der Waals surface area contributed by atoms with E-state index in [1.807, 2.05) is 0 Å². The highest BCUT2D eigenvalue weighted by atomic mass is 32.2. The van der Waals surface area contributed by atoms with Gasteiger partial charge in [0.1, 0.15) is 90.0 Å². The Morgan fingerprint density at radius 3 is 1.54 bits per heavy atom. The smallest absolute Gasteiger partial charge is 0.305 e. The quantitative estimate of drug-likeness (QED) is 0.0386. The second-order valence-corrected chi connectivity index (χ2v) is 35.7. The SMILES string of the molecule is CCCC[C@H]1C(=O)N2CCC[C@@H]2C(=O)N[C@@H](CC(=O)O)C(=O)N[C@@H](C(C)C)C(=O)N(C)[C@H](Cc2ccccc2)C(=O)N[C@H](Cc2ccc(O)cc2)C(=O)N2CCC[C@@H]2C(=O)N[C@@H](Cc2c[nH]c3ccccc23)C(=O)N[C@@H](Cc2ccc(O)cc2)C(=O)N[C@@H](CCCN)C(=O)N[C@H](C(=O)NCC(N)=O)CSCC(=O)N[C@@H](Cc2cc(F)c(F)c(F)c2)C(=O)N(C)[C@@H](Cc2ccccc2)C(=O)N1C. The fourth-order valence-corrected chi connectivity index (χ4v) is 17.8. The van der Waals surface area contributed by atoms with E-state index < -0.39 is 227 Å². The highest BCUT2D eigenvalue weighted by Gasteiger charge is 2.47. The molecule has 3 aliphatic rings. The third-order valence-electron chi connectivity index (χ3n) is 24.4. The molecule has 136 heavy (non-hydrogen) atoms. The molecule has 15 amide bonds. The van der Waals surface area contributed by atoms with Crippen molar-refractivity contribution >= 4 is 117 Å². The lowest BCUT2D eigenvalue weighted by atomic mass is 9.98. The van der Waals surface area contributed by atoms with Crippen LogP contribution in [0, 0.1) is 23.4 Å². The molecule has 40 heteroatoms. The first-order valence-corrected chi connectivity index (χ1v) is 46.3. The number of para-hydroxylation sites is 1. The van der Waals surface area contributed by atoms with Crippen LogP contribution >= 0.6 is 11.8 Å². The van der Waals surface area contributed by atoms with E-state index in [2.05, 4.69) is 52.8 Å². The standard InChI is InChI=1S/C96H118F3N17O19S/c1-7-8-27-76-95(134)116-40-19-29-75(116)90(129)108-70(49-81(121)122)88(127)111-83(54(2)3)96(135)113(5)77(46-55-20-11-9-12-21-55)91(130)109-72(44-58-32-36-62(118)37-33-58)93(132)115-39-18-28-74(115)89(128)107-69(48-60-50-102-66-25-16-15-24-63(60)66)87(126)106-68(43-57-30-34-61(117)35-31-57)86(125)105-67(26-17-38-100)85(124)110-73(84(123)103-51-79(101)119)52-136-53-80(120)104-71(45-59-41-64(97)82(99)65(98)42-59)92(131)114(6)78(94(133)112(76)4)47-56-22-13-10-14-23-56/h9-16,20-25,30-37,41-42,50,54,67-78,83,102,117-118H,7-8,17-19,26-29,38-40,43-49,51-53,100H2,1-6H3,(H2,101,119)(H,103,123)(H,104,120)(H,105,125)(H,106,126)(H,107,128)(H,108,129)(H,109,130)(H,110,124)(H,111,127)(H,121,122)/t67-,68-,69-,70-,71-,72+,73-,74+,75+,76-,77+,78-,83-/m0/s1. The van der Waals surface area contributed by atoms with Gasteiger partial charge in [-0.2, -0.15) is 0 Å². The Bertz CT molecular complexity index is 5430. The van der Waals surface area contributed by atoms with Gasteiger partial charge < -0.3 is 104 Å². The van der Waals surface area contributed by atoms with Crippen LogP contribution in [0.3, 0.4) is 0 Å². The second kappa shape index (κ2) is 49.4. The number of aromatic amines is 1. The molecule has 36 nitrogen and oxygen atoms in total. The van der Waals surface area contributed by atoms with E-state index in [9.17, 15) is 53.3 Å². The fourth-order valence-electron chi connectivity index (χ4n) is 16.9. The Balaban J connectivity index is 1.06. The molecular weight excluding hydrogens is 1780 g/mol. The first kappa shape index (κ1) is 104. The zero-order valence-electron chi connectivity index (χ0n) is 76.4. The van der Waals surface area contributed by atoms with Gasteiger partial charge in [0.2, 0.25) is 88.6 Å². The summed E-state index contributed by atoms with van der Waals surface area (Å²) < 4.78 is 45.1. The third-order valence-corrected chi connectivity index (χ3v) is 25.4. The molecular formula is C96H118F3N17O19S. The summed E-state index contributed by atoms with van der Waals surface area (Å²) >= 11 is 0.662. The van der Waals surface area contributed by atoms with E-state index >= 15 is 51.9 Å². The predicted molar refractivity (Wildman–Crippen MR) is 495 cm³/mol. The number of aliphatic carboxylic acids is 1. The Kier molecular flexibility index (Phi) is 37.8. The third kappa shape index (κ3) is 28.3. The largest absolute Gasteiger partial charge is 0.508 e. The van der Waals surface area contributed by atoms with Crippen LogP contribution in [0.2, 0.25) is 0 Å². The number of nitrogens with zero attached hydrogens (tertiary/aromatic N) is 5. The number of amides is 15. The number of rotatable bonds is 24. The molecule has 3 fully saturated rings. The molecule has 3 saturated heterocycles. The molecule has 7 aromatic rings. The molecule has 0 unspecified atom stereocenters. The van der Waals surface area contributed by atoms with Gasteiger partial charge in [-0.25, -0.2) is 13.2 Å². The van der Waals surface area contributed by atoms with E-state index in [-0.39, 0.29) is 114 Å². The van der Waals surface area contributed by atoms with Crippen LogP contribution in [0.5, 0.6) is 11.5 Å². The van der Waals surface area contributed by atoms with Gasteiger partial charge in [-0.15, -0.1) is 11.8 Å². The van der Waals surface area contributed by atoms with E-state index in [0.29, 0.717) is 75.5 Å². The van der Waals surface area contributed by atoms with Gasteiger partial charge in [0.05, 0.1) is 18.7 Å². The minimum Gasteiger partial charge on any atom is -0.508 e. The fraction of sp³-hybridized carbons (Fsp3) is 0.438. The second-order valence-electron chi connectivity index (χ2n) is 34.6. The van der Waals surface area contributed by atoms with Gasteiger partial charge in [0, 0.05) is 95.6 Å². The number of nitrogens with two attached hydrogens (primary N) is 2. The highest BCUT2D eigenvalue weighted by molar-refractivity contribution is 8.00. The number of carbonyl (C=O) groups is 16. The minimum atomic E-state index is -1.95. The lowest BCUT2D eigenvalue weighted by Gasteiger charge is -2.38. The highest BCUT2D eigenvalue weighted by Crippen LogP contribution is 2.29. The number of H-pyrrole nitrogens is 1. The molecule has 17 N–H and O–H groups in total. The summed E-state index contributed by atoms with van der Waals surface area (Å²) in [6.45, 7) is 3.88. The zero-order valence-corrected chi connectivity index (χ0v) is 77.2. The lowest BCUT2D eigenvalue weighted by molar-refractivity contribution is -0.152. The number of thioether (sulfide) groups is 1. The van der Waals surface area contributed by atoms with Gasteiger partial charge in [0.25, 0.3) is 0 Å². The molecule has 0 spiro atoms. The van der Waals surface area contributed by atoms with Crippen LogP contribution in [0.15, 0.2) is 152 Å². The van der Waals surface area contributed by atoms with Crippen molar-refractivity contribution in [3.63, 3.8) is 0 Å². The molecule has 4 heterocycles. The molecule has 0 aliphatic carbocycles. The summed E-state index contributed by atoms with van der Waals surface area (Å²) in [5.74, 6) is -23.8. The van der Waals surface area contributed by atoms with Crippen molar-refractivity contribution in [1.29, 1.82) is 0 Å². The topological polar surface area (TPSA) is 526 Å². The number of halogens is 3. The van der Waals surface area contributed by atoms with E-state index in [0.717, 1.165) is 14.7 Å². The summed E-state index contributed by atoms with van der Waals surface area (Å²) in [6, 6.07) is 15.1. The molecule has 6 aromatic carbocycles. The van der Waals surface area contributed by atoms with Gasteiger partial charge in [-0.3, -0.25) is 76.7 Å². The Morgan fingerprint density at radius 1 is 0.493 bits per heavy atom. The number of phenolic OH excluding ortho intramolecular Hbond substituents is 2. The van der Waals surface area contributed by atoms with Crippen LogP contribution in [0.1, 0.15) is 118 Å². The van der Waals surface area contributed by atoms with Crippen molar-refractivity contribution in [2.75, 3.05) is 58.8 Å². The molecule has 728 valence electrons. The zero-order chi connectivity index (χ0) is 98.7. The van der Waals surface area contributed by atoms with Crippen molar-refractivity contribution in [3.8, 4) is 11.5 Å². The summed E-state index contributed by atoms with van der Waals surface area (Å²) in [4.78, 5) is 247. The number of carboxylic acid groups (broad SMARTS) is 1. The van der Waals surface area contributed by atoms with Gasteiger partial charge in [0.15, 0.2) is 17.5 Å². The summed E-state index contributed by atoms with van der Waals surface area (Å²) in [6.07, 6.45) is -0.874. The van der Waals surface area contributed by atoms with Crippen molar-refractivity contribution in [2.45, 2.75) is 202 Å². The first-order chi connectivity index (χ1) is 64.9. The normalized spacial score (nSPS) is 23.3. The van der Waals surface area contributed by atoms with Crippen LogP contribution in [-0.4, -0.2) is 277 Å². The number of benzene rings is 6. The maximum Gasteiger partial charge on any atom is 0.305 e. The number of carboxylic acids is 1. The van der Waals surface area contributed by atoms with E-state index in [4.69, 9.17) is 11.5 Å². The van der Waals surface area contributed by atoms with E-state index in [1.165, 1.54) is 79.5 Å². The molecule has 1 aromatic heterocycles. The van der Waals surface area contributed by atoms with Gasteiger partial charge in [-0.1, -0.05) is 137 Å². The predicted octanol–water partition coefficient (Wildman–Crippen LogP) is 2.50. The van der Waals surface area contributed by atoms with Crippen LogP contribution in [0.4, 0.5) is 13.2 Å². The molecule has 10 rings (SSSR count). The van der Waals surface area contributed by atoms with Crippen LogP contribution < -0.4 is 59.3 Å². The monoisotopic (exact) mass is 1900 g/mol. The number of primary amides is 1. The summed E-state index contributed by atoms with van der Waals surface area (Å²) in [7, 11) is 3.77. The van der Waals surface area contributed by atoms with Crippen LogP contribution in [0.25, 0.3) is 10.9 Å². The number of aromatic hydroxyl groups is 2. The number of hydrogen-bond acceptors (Lipinski definition) is 20. The number of likely N-dealkylation sites (N-methyl/N-ethyl adjacent to an activating group) is 3. The average Bonchev–Trinajstić information content (AvgIpc) is 1.42. The number of aromatic nitrogens is 1. The number of hydrogen-bond donors (Lipinski definition) is 15. The Labute approximate surface area is 788 Å². The lowest BCUT2D eigenvalue weighted by Crippen LogP contribution is -2.62. The van der Waals surface area contributed by atoms with Crippen molar-refractivity contribution in [2.24, 2.45) is 17.4 Å². The Morgan fingerprint density at radius 2 is 0.971 bits per heavy atom. The van der Waals surface area contributed by atoms with Gasteiger partial charge in [-0.05, 0) is 133 Å². The first-order valence-electron chi connectivity index (χ1n) is 45.1. The maximum atomic E-state index is 15.8. The number of unbranched alkanes of at least 4 members (excludes halogenated alkanes) is 1. The maximum absolute atomic E-state index is 15.8.